The van der Waals surface area contributed by atoms with Crippen molar-refractivity contribution in [3.63, 3.8) is 0 Å². The number of hydrogen-bond donors (Lipinski definition) is 1. The molecule has 0 saturated carbocycles. The van der Waals surface area contributed by atoms with Gasteiger partial charge in [-0.3, -0.25) is 4.79 Å². The van der Waals surface area contributed by atoms with E-state index in [0.717, 1.165) is 0 Å². The van der Waals surface area contributed by atoms with Gasteiger partial charge in [-0.2, -0.15) is 0 Å². The number of aromatic nitrogens is 6. The molecule has 0 amide bonds. The standard InChI is InChI=1S/C8H10N6O2/c1-13-4-6(9-5-13)8-10-11-12-14(8)3-2-7(15)16/h4-5H,2-3H2,1H3,(H,15,16). The normalized spacial score (nSPS) is 10.6. The molecule has 8 nitrogen and oxygen atoms in total. The van der Waals surface area contributed by atoms with Crippen LogP contribution >= 0.6 is 0 Å². The van der Waals surface area contributed by atoms with Crippen LogP contribution in [0.5, 0.6) is 0 Å². The largest absolute Gasteiger partial charge is 0.481 e. The fourth-order valence-electron chi connectivity index (χ4n) is 1.27. The van der Waals surface area contributed by atoms with Crippen molar-refractivity contribution in [3.8, 4) is 11.5 Å². The Morgan fingerprint density at radius 1 is 1.56 bits per heavy atom. The quantitative estimate of drug-likeness (QED) is 0.752. The van der Waals surface area contributed by atoms with Gasteiger partial charge in [0.1, 0.15) is 5.69 Å². The molecule has 0 spiro atoms. The molecule has 2 rings (SSSR count). The third kappa shape index (κ3) is 2.05. The van der Waals surface area contributed by atoms with E-state index in [1.54, 1.807) is 17.1 Å². The van der Waals surface area contributed by atoms with Gasteiger partial charge in [0.2, 0.25) is 5.82 Å². The van der Waals surface area contributed by atoms with E-state index in [1.807, 2.05) is 7.05 Å². The topological polar surface area (TPSA) is 98.7 Å². The lowest BCUT2D eigenvalue weighted by Gasteiger charge is -1.99. The molecule has 0 aliphatic carbocycles. The van der Waals surface area contributed by atoms with Gasteiger partial charge in [0.25, 0.3) is 0 Å². The van der Waals surface area contributed by atoms with Gasteiger partial charge < -0.3 is 9.67 Å². The minimum absolute atomic E-state index is 0.0229. The van der Waals surface area contributed by atoms with Crippen molar-refractivity contribution < 1.29 is 9.90 Å². The highest BCUT2D eigenvalue weighted by Crippen LogP contribution is 2.12. The molecule has 0 bridgehead atoms. The van der Waals surface area contributed by atoms with Crippen molar-refractivity contribution in [2.45, 2.75) is 13.0 Å². The van der Waals surface area contributed by atoms with Crippen molar-refractivity contribution >= 4 is 5.97 Å². The van der Waals surface area contributed by atoms with Gasteiger partial charge in [0.05, 0.1) is 19.3 Å². The minimum atomic E-state index is -0.887. The second-order valence-corrected chi connectivity index (χ2v) is 3.29. The summed E-state index contributed by atoms with van der Waals surface area (Å²) in [5, 5.41) is 19.6. The van der Waals surface area contributed by atoms with Crippen LogP contribution in [0.3, 0.4) is 0 Å². The summed E-state index contributed by atoms with van der Waals surface area (Å²) < 4.78 is 3.20. The number of rotatable bonds is 4. The molecule has 0 aromatic carbocycles. The summed E-state index contributed by atoms with van der Waals surface area (Å²) in [6.45, 7) is 0.230. The molecule has 1 N–H and O–H groups in total. The van der Waals surface area contributed by atoms with Gasteiger partial charge >= 0.3 is 5.97 Å². The van der Waals surface area contributed by atoms with Crippen LogP contribution in [0.25, 0.3) is 11.5 Å². The molecular weight excluding hydrogens is 212 g/mol. The van der Waals surface area contributed by atoms with Crippen LogP contribution in [-0.2, 0) is 18.4 Å². The molecule has 0 unspecified atom stereocenters. The van der Waals surface area contributed by atoms with E-state index >= 15 is 0 Å². The average molecular weight is 222 g/mol. The van der Waals surface area contributed by atoms with Crippen LogP contribution in [0.1, 0.15) is 6.42 Å². The Hall–Kier alpha value is -2.25. The predicted molar refractivity (Wildman–Crippen MR) is 52.3 cm³/mol. The summed E-state index contributed by atoms with van der Waals surface area (Å²) in [6.07, 6.45) is 3.37. The average Bonchev–Trinajstić information content (AvgIpc) is 2.82. The lowest BCUT2D eigenvalue weighted by Crippen LogP contribution is -2.07. The van der Waals surface area contributed by atoms with Crippen molar-refractivity contribution in [2.75, 3.05) is 0 Å². The maximum atomic E-state index is 10.4. The third-order valence-corrected chi connectivity index (χ3v) is 2.00. The minimum Gasteiger partial charge on any atom is -0.481 e. The molecule has 8 heteroatoms. The lowest BCUT2D eigenvalue weighted by molar-refractivity contribution is -0.137. The number of carboxylic acid groups (broad SMARTS) is 1. The summed E-state index contributed by atoms with van der Waals surface area (Å²) in [4.78, 5) is 14.5. The summed E-state index contributed by atoms with van der Waals surface area (Å²) in [5.74, 6) is -0.413. The van der Waals surface area contributed by atoms with Crippen LogP contribution in [0.15, 0.2) is 12.5 Å². The summed E-state index contributed by atoms with van der Waals surface area (Å²) in [7, 11) is 1.84. The van der Waals surface area contributed by atoms with Crippen LogP contribution in [0.2, 0.25) is 0 Å². The maximum Gasteiger partial charge on any atom is 0.305 e. The highest BCUT2D eigenvalue weighted by Gasteiger charge is 2.11. The molecule has 16 heavy (non-hydrogen) atoms. The molecule has 0 atom stereocenters. The van der Waals surface area contributed by atoms with Crippen LogP contribution in [-0.4, -0.2) is 40.8 Å². The number of tetrazole rings is 1. The second kappa shape index (κ2) is 4.09. The Kier molecular flexibility index (Phi) is 2.63. The molecule has 2 heterocycles. The van der Waals surface area contributed by atoms with Gasteiger partial charge in [-0.05, 0) is 10.4 Å². The van der Waals surface area contributed by atoms with Gasteiger partial charge in [-0.25, -0.2) is 9.67 Å². The first-order valence-electron chi connectivity index (χ1n) is 4.63. The van der Waals surface area contributed by atoms with Crippen LogP contribution < -0.4 is 0 Å². The van der Waals surface area contributed by atoms with Crippen molar-refractivity contribution in [2.24, 2.45) is 7.05 Å². The molecule has 0 saturated heterocycles. The Labute approximate surface area is 90.5 Å². The first-order chi connectivity index (χ1) is 7.66. The Morgan fingerprint density at radius 2 is 2.38 bits per heavy atom. The van der Waals surface area contributed by atoms with Gasteiger partial charge in [-0.15, -0.1) is 5.10 Å². The maximum absolute atomic E-state index is 10.4. The van der Waals surface area contributed by atoms with Crippen molar-refractivity contribution in [3.05, 3.63) is 12.5 Å². The number of aliphatic carboxylic acids is 1. The highest BCUT2D eigenvalue weighted by atomic mass is 16.4. The fourth-order valence-corrected chi connectivity index (χ4v) is 1.27. The van der Waals surface area contributed by atoms with E-state index in [-0.39, 0.29) is 13.0 Å². The molecule has 84 valence electrons. The Balaban J connectivity index is 2.22. The highest BCUT2D eigenvalue weighted by molar-refractivity contribution is 5.66. The zero-order valence-corrected chi connectivity index (χ0v) is 8.61. The molecule has 0 fully saturated rings. The van der Waals surface area contributed by atoms with Gasteiger partial charge in [0, 0.05) is 13.2 Å². The van der Waals surface area contributed by atoms with Crippen LogP contribution in [0, 0.1) is 0 Å². The summed E-state index contributed by atoms with van der Waals surface area (Å²) in [6, 6.07) is 0. The van der Waals surface area contributed by atoms with E-state index < -0.39 is 5.97 Å². The number of carbonyl (C=O) groups is 1. The van der Waals surface area contributed by atoms with E-state index in [1.165, 1.54) is 4.68 Å². The van der Waals surface area contributed by atoms with Gasteiger partial charge in [0.15, 0.2) is 0 Å². The van der Waals surface area contributed by atoms with E-state index in [4.69, 9.17) is 5.11 Å². The number of aryl methyl sites for hydroxylation is 2. The number of nitrogens with zero attached hydrogens (tertiary/aromatic N) is 6. The predicted octanol–water partition coefficient (Wildman–Crippen LogP) is -0.452. The monoisotopic (exact) mass is 222 g/mol. The van der Waals surface area contributed by atoms with Gasteiger partial charge in [-0.1, -0.05) is 0 Å². The molecule has 0 aliphatic rings. The Morgan fingerprint density at radius 3 is 3.00 bits per heavy atom. The number of imidazole rings is 1. The number of carboxylic acids is 1. The van der Waals surface area contributed by atoms with E-state index in [9.17, 15) is 4.79 Å². The molecule has 0 aliphatic heterocycles. The SMILES string of the molecule is Cn1cnc(-c2nnnn2CCC(=O)O)c1. The van der Waals surface area contributed by atoms with Crippen molar-refractivity contribution in [1.82, 2.24) is 29.8 Å². The van der Waals surface area contributed by atoms with Crippen molar-refractivity contribution in [1.29, 1.82) is 0 Å². The van der Waals surface area contributed by atoms with E-state index in [0.29, 0.717) is 11.5 Å². The summed E-state index contributed by atoms with van der Waals surface area (Å²) >= 11 is 0. The fraction of sp³-hybridized carbons (Fsp3) is 0.375. The first-order valence-corrected chi connectivity index (χ1v) is 4.63. The Bertz CT molecular complexity index is 502. The van der Waals surface area contributed by atoms with Crippen LogP contribution in [0.4, 0.5) is 0 Å². The smallest absolute Gasteiger partial charge is 0.305 e. The molecular formula is C8H10N6O2. The molecule has 0 radical (unpaired) electrons. The third-order valence-electron chi connectivity index (χ3n) is 2.00. The first kappa shape index (κ1) is 10.3. The zero-order chi connectivity index (χ0) is 11.5. The van der Waals surface area contributed by atoms with E-state index in [2.05, 4.69) is 20.5 Å². The molecule has 2 aromatic heterocycles. The number of hydrogen-bond acceptors (Lipinski definition) is 5. The summed E-state index contributed by atoms with van der Waals surface area (Å²) in [5.41, 5.74) is 0.623. The lowest BCUT2D eigenvalue weighted by atomic mass is 10.4. The zero-order valence-electron chi connectivity index (χ0n) is 8.61. The molecule has 2 aromatic rings. The second-order valence-electron chi connectivity index (χ2n) is 3.29.